The van der Waals surface area contributed by atoms with E-state index in [1.54, 1.807) is 0 Å². The van der Waals surface area contributed by atoms with Gasteiger partial charge in [0, 0.05) is 6.92 Å². The normalized spacial score (nSPS) is 19.3. The summed E-state index contributed by atoms with van der Waals surface area (Å²) in [5.74, 6) is -13.9. The fourth-order valence-electron chi connectivity index (χ4n) is 6.40. The topological polar surface area (TPSA) is 86.7 Å². The summed E-state index contributed by atoms with van der Waals surface area (Å²) in [7, 11) is -6.00. The molecule has 2 aliphatic carbocycles. The van der Waals surface area contributed by atoms with Gasteiger partial charge in [0.1, 0.15) is 5.60 Å². The predicted molar refractivity (Wildman–Crippen MR) is 185 cm³/mol. The highest BCUT2D eigenvalue weighted by Crippen LogP contribution is 2.50. The molecule has 2 aliphatic rings. The van der Waals surface area contributed by atoms with E-state index in [0.29, 0.717) is 19.3 Å². The summed E-state index contributed by atoms with van der Waals surface area (Å²) in [5.41, 5.74) is -0.585. The Morgan fingerprint density at radius 3 is 1.56 bits per heavy atom. The van der Waals surface area contributed by atoms with Crippen LogP contribution >= 0.6 is 0 Å². The molecular weight excluding hydrogens is 731 g/mol. The first-order valence-corrected chi connectivity index (χ1v) is 19.9. The lowest BCUT2D eigenvalue weighted by atomic mass is 9.89. The first kappa shape index (κ1) is 41.2. The van der Waals surface area contributed by atoms with Gasteiger partial charge >= 0.3 is 29.0 Å². The van der Waals surface area contributed by atoms with Crippen molar-refractivity contribution in [2.45, 2.75) is 114 Å². The lowest BCUT2D eigenvalue weighted by Gasteiger charge is -2.34. The fraction of sp³-hybridized carbons (Fsp3) is 0.474. The van der Waals surface area contributed by atoms with Crippen LogP contribution in [0.2, 0.25) is 0 Å². The first-order chi connectivity index (χ1) is 24.5. The average molecular weight is 774 g/mol. The number of alkyl halides is 6. The molecular formula is C38H43F6O6S2+. The summed E-state index contributed by atoms with van der Waals surface area (Å²) in [4.78, 5) is 28.3. The van der Waals surface area contributed by atoms with Gasteiger partial charge in [-0.2, -0.15) is 26.3 Å². The molecule has 0 saturated heterocycles. The zero-order valence-electron chi connectivity index (χ0n) is 28.9. The van der Waals surface area contributed by atoms with Gasteiger partial charge in [-0.25, -0.2) is 13.2 Å². The number of benzene rings is 3. The molecule has 0 aliphatic heterocycles. The van der Waals surface area contributed by atoms with Gasteiger partial charge in [0.2, 0.25) is 9.84 Å². The molecule has 6 nitrogen and oxygen atoms in total. The molecule has 284 valence electrons. The van der Waals surface area contributed by atoms with Crippen LogP contribution in [0, 0.1) is 5.92 Å². The molecule has 0 aromatic heterocycles. The third kappa shape index (κ3) is 9.34. The van der Waals surface area contributed by atoms with Gasteiger partial charge in [-0.1, -0.05) is 61.5 Å². The summed E-state index contributed by atoms with van der Waals surface area (Å²) < 4.78 is 116. The summed E-state index contributed by atoms with van der Waals surface area (Å²) in [6.07, 6.45) is 1.99. The maximum absolute atomic E-state index is 14.0. The van der Waals surface area contributed by atoms with Gasteiger partial charge in [0.25, 0.3) is 0 Å². The van der Waals surface area contributed by atoms with Crippen LogP contribution in [0.15, 0.2) is 106 Å². The van der Waals surface area contributed by atoms with Gasteiger partial charge in [0.05, 0.1) is 22.1 Å². The number of rotatable bonds is 12. The van der Waals surface area contributed by atoms with Crippen LogP contribution in [0.4, 0.5) is 26.3 Å². The van der Waals surface area contributed by atoms with Gasteiger partial charge in [-0.05, 0) is 94.2 Å². The SMILES string of the molecule is CCC1(OC(=O)COC(=O)C2CCC(S(=O)(=O)C(F)(F)C(F)(F)C(C)(F)F)CC2)CCCC1.c1ccc([S+](c2ccccc2)c2ccccc2)cc1. The highest BCUT2D eigenvalue weighted by molar-refractivity contribution is 7.97. The van der Waals surface area contributed by atoms with Crippen molar-refractivity contribution in [1.82, 2.24) is 0 Å². The van der Waals surface area contributed by atoms with E-state index in [4.69, 9.17) is 9.47 Å². The highest BCUT2D eigenvalue weighted by Gasteiger charge is 2.76. The van der Waals surface area contributed by atoms with E-state index >= 15 is 0 Å². The van der Waals surface area contributed by atoms with Crippen molar-refractivity contribution in [2.24, 2.45) is 5.92 Å². The summed E-state index contributed by atoms with van der Waals surface area (Å²) in [5, 5.41) is -8.02. The molecule has 14 heteroatoms. The summed E-state index contributed by atoms with van der Waals surface area (Å²) >= 11 is 0. The largest absolute Gasteiger partial charge is 0.457 e. The molecule has 3 aromatic rings. The van der Waals surface area contributed by atoms with E-state index in [1.807, 2.05) is 6.92 Å². The average Bonchev–Trinajstić information content (AvgIpc) is 3.60. The summed E-state index contributed by atoms with van der Waals surface area (Å²) in [6.45, 7) is 0.718. The molecule has 2 fully saturated rings. The van der Waals surface area contributed by atoms with Crippen LogP contribution in [0.5, 0.6) is 0 Å². The molecule has 0 radical (unpaired) electrons. The van der Waals surface area contributed by atoms with Crippen LogP contribution in [0.3, 0.4) is 0 Å². The van der Waals surface area contributed by atoms with Crippen molar-refractivity contribution in [3.8, 4) is 0 Å². The number of sulfone groups is 1. The van der Waals surface area contributed by atoms with Gasteiger partial charge in [-0.3, -0.25) is 4.79 Å². The van der Waals surface area contributed by atoms with Crippen LogP contribution in [-0.4, -0.2) is 54.9 Å². The zero-order valence-corrected chi connectivity index (χ0v) is 30.6. The molecule has 0 bridgehead atoms. The minimum Gasteiger partial charge on any atom is -0.457 e. The second-order valence-electron chi connectivity index (χ2n) is 13.1. The molecule has 0 N–H and O–H groups in total. The van der Waals surface area contributed by atoms with Crippen molar-refractivity contribution in [1.29, 1.82) is 0 Å². The van der Waals surface area contributed by atoms with E-state index in [1.165, 1.54) is 14.7 Å². The third-order valence-corrected chi connectivity index (χ3v) is 14.0. The zero-order chi connectivity index (χ0) is 38.2. The monoisotopic (exact) mass is 773 g/mol. The lowest BCUT2D eigenvalue weighted by molar-refractivity contribution is -0.271. The molecule has 0 amide bonds. The van der Waals surface area contributed by atoms with Crippen molar-refractivity contribution in [3.05, 3.63) is 91.0 Å². The van der Waals surface area contributed by atoms with E-state index in [0.717, 1.165) is 12.8 Å². The molecule has 2 saturated carbocycles. The van der Waals surface area contributed by atoms with Crippen LogP contribution in [0.1, 0.15) is 71.6 Å². The lowest BCUT2D eigenvalue weighted by Crippen LogP contribution is -2.58. The molecule has 0 spiro atoms. The van der Waals surface area contributed by atoms with Crippen molar-refractivity contribution in [2.75, 3.05) is 6.61 Å². The minimum atomic E-state index is -6.11. The van der Waals surface area contributed by atoms with Crippen LogP contribution in [-0.2, 0) is 39.8 Å². The molecule has 0 heterocycles. The first-order valence-electron chi connectivity index (χ1n) is 17.1. The smallest absolute Gasteiger partial charge is 0.413 e. The van der Waals surface area contributed by atoms with E-state index < -0.39 is 82.0 Å². The Balaban J connectivity index is 0.000000267. The van der Waals surface area contributed by atoms with Crippen LogP contribution in [0.25, 0.3) is 0 Å². The van der Waals surface area contributed by atoms with E-state index in [9.17, 15) is 44.3 Å². The number of carbonyl (C=O) groups is 2. The molecule has 0 unspecified atom stereocenters. The van der Waals surface area contributed by atoms with Crippen LogP contribution < -0.4 is 0 Å². The van der Waals surface area contributed by atoms with Crippen molar-refractivity contribution >= 4 is 32.7 Å². The van der Waals surface area contributed by atoms with Gasteiger partial charge < -0.3 is 9.47 Å². The number of carbonyl (C=O) groups excluding carboxylic acids is 2. The molecule has 52 heavy (non-hydrogen) atoms. The minimum absolute atomic E-state index is 0.0146. The van der Waals surface area contributed by atoms with Gasteiger partial charge in [-0.15, -0.1) is 0 Å². The number of ether oxygens (including phenoxy) is 2. The Labute approximate surface area is 303 Å². The Morgan fingerprint density at radius 2 is 1.17 bits per heavy atom. The highest BCUT2D eigenvalue weighted by atomic mass is 32.2. The third-order valence-electron chi connectivity index (χ3n) is 9.48. The quantitative estimate of drug-likeness (QED) is 0.104. The second kappa shape index (κ2) is 17.1. The Hall–Kier alpha value is -3.52. The van der Waals surface area contributed by atoms with E-state index in [2.05, 4.69) is 91.0 Å². The maximum atomic E-state index is 14.0. The standard InChI is InChI=1S/C20H28F6O6S.C18H15S/c1-3-18(10-4-5-11-18)32-15(27)12-31-16(28)13-6-8-14(9-7-13)33(29,30)20(25,26)19(23,24)17(2,21)22;1-4-10-16(11-5-1)19(17-12-6-2-7-13-17)18-14-8-3-9-15-18/h13-14H,3-12H2,1-2H3;1-15H/q;+1. The molecule has 3 aromatic carbocycles. The van der Waals surface area contributed by atoms with E-state index in [-0.39, 0.29) is 23.7 Å². The Kier molecular flexibility index (Phi) is 13.6. The number of hydrogen-bond acceptors (Lipinski definition) is 6. The molecule has 0 atom stereocenters. The fourth-order valence-corrected chi connectivity index (χ4v) is 10.3. The number of esters is 2. The van der Waals surface area contributed by atoms with Gasteiger partial charge in [0.15, 0.2) is 21.3 Å². The number of hydrogen-bond donors (Lipinski definition) is 0. The Bertz CT molecular complexity index is 1610. The second-order valence-corrected chi connectivity index (χ2v) is 17.4. The predicted octanol–water partition coefficient (Wildman–Crippen LogP) is 9.43. The Morgan fingerprint density at radius 1 is 0.750 bits per heavy atom. The van der Waals surface area contributed by atoms with Crippen molar-refractivity contribution < 1.29 is 53.8 Å². The summed E-state index contributed by atoms with van der Waals surface area (Å²) in [6, 6.07) is 32.2. The maximum Gasteiger partial charge on any atom is 0.413 e. The molecule has 5 rings (SSSR count). The van der Waals surface area contributed by atoms with Crippen molar-refractivity contribution in [3.63, 3.8) is 0 Å². The number of halogens is 6.